The molecule has 0 N–H and O–H groups in total. The first-order valence-corrected chi connectivity index (χ1v) is 5.11. The fourth-order valence-corrected chi connectivity index (χ4v) is 1.64. The zero-order valence-electron chi connectivity index (χ0n) is 6.74. The molecule has 1 fully saturated rings. The predicted octanol–water partition coefficient (Wildman–Crippen LogP) is 2.94. The molecule has 1 saturated heterocycles. The van der Waals surface area contributed by atoms with E-state index >= 15 is 0 Å². The molecule has 2 rings (SSSR count). The van der Waals surface area contributed by atoms with Crippen LogP contribution in [0.25, 0.3) is 0 Å². The summed E-state index contributed by atoms with van der Waals surface area (Å²) in [7, 11) is 0. The number of allylic oxidation sites excluding steroid dienone is 5. The largest absolute Gasteiger partial charge is 0.353 e. The summed E-state index contributed by atoms with van der Waals surface area (Å²) in [6.45, 7) is 0. The molecule has 0 spiro atoms. The van der Waals surface area contributed by atoms with E-state index in [0.717, 1.165) is 6.42 Å². The molecule has 0 aromatic carbocycles. The standard InChI is InChI=1S/C10H11BrO/c11-10-9(12-10)7-6-8-4-2-1-3-5-8/h1-2,4,6-7,9-10H,3,5H2/b7-6+. The van der Waals surface area contributed by atoms with Crippen molar-refractivity contribution in [3.63, 3.8) is 0 Å². The topological polar surface area (TPSA) is 12.5 Å². The van der Waals surface area contributed by atoms with Gasteiger partial charge >= 0.3 is 0 Å². The highest BCUT2D eigenvalue weighted by Gasteiger charge is 2.33. The zero-order valence-corrected chi connectivity index (χ0v) is 8.33. The van der Waals surface area contributed by atoms with Gasteiger partial charge in [0.2, 0.25) is 0 Å². The van der Waals surface area contributed by atoms with Crippen molar-refractivity contribution < 1.29 is 4.74 Å². The van der Waals surface area contributed by atoms with Crippen LogP contribution in [0.4, 0.5) is 0 Å². The van der Waals surface area contributed by atoms with Gasteiger partial charge < -0.3 is 4.74 Å². The van der Waals surface area contributed by atoms with Gasteiger partial charge in [0.1, 0.15) is 11.1 Å². The van der Waals surface area contributed by atoms with Crippen LogP contribution in [0.3, 0.4) is 0 Å². The second-order valence-corrected chi connectivity index (χ2v) is 3.92. The van der Waals surface area contributed by atoms with Gasteiger partial charge in [-0.15, -0.1) is 0 Å². The van der Waals surface area contributed by atoms with Crippen LogP contribution in [0.5, 0.6) is 0 Å². The number of alkyl halides is 1. The molecule has 0 bridgehead atoms. The lowest BCUT2D eigenvalue weighted by Gasteiger charge is -2.01. The Kier molecular flexibility index (Phi) is 2.47. The fraction of sp³-hybridized carbons (Fsp3) is 0.400. The first-order valence-electron chi connectivity index (χ1n) is 4.20. The number of halogens is 1. The molecular formula is C10H11BrO. The zero-order chi connectivity index (χ0) is 8.39. The van der Waals surface area contributed by atoms with Crippen LogP contribution in [0.2, 0.25) is 0 Å². The number of hydrogen-bond acceptors (Lipinski definition) is 1. The Hall–Kier alpha value is -0.340. The van der Waals surface area contributed by atoms with E-state index in [1.165, 1.54) is 12.0 Å². The van der Waals surface area contributed by atoms with Gasteiger partial charge in [-0.25, -0.2) is 0 Å². The molecule has 1 aliphatic heterocycles. The van der Waals surface area contributed by atoms with Crippen molar-refractivity contribution in [2.24, 2.45) is 0 Å². The molecule has 0 radical (unpaired) electrons. The maximum Gasteiger partial charge on any atom is 0.143 e. The number of hydrogen-bond donors (Lipinski definition) is 0. The average molecular weight is 227 g/mol. The van der Waals surface area contributed by atoms with Crippen molar-refractivity contribution in [1.82, 2.24) is 0 Å². The summed E-state index contributed by atoms with van der Waals surface area (Å²) in [5, 5.41) is 0.258. The quantitative estimate of drug-likeness (QED) is 0.522. The van der Waals surface area contributed by atoms with Crippen LogP contribution in [0, 0.1) is 0 Å². The fourth-order valence-electron chi connectivity index (χ4n) is 1.22. The summed E-state index contributed by atoms with van der Waals surface area (Å²) in [4.78, 5) is 0. The monoisotopic (exact) mass is 226 g/mol. The first kappa shape index (κ1) is 8.27. The van der Waals surface area contributed by atoms with E-state index in [0.29, 0.717) is 6.10 Å². The molecule has 1 aliphatic carbocycles. The van der Waals surface area contributed by atoms with E-state index in [9.17, 15) is 0 Å². The molecule has 12 heavy (non-hydrogen) atoms. The van der Waals surface area contributed by atoms with Gasteiger partial charge in [-0.3, -0.25) is 0 Å². The van der Waals surface area contributed by atoms with E-state index in [2.05, 4.69) is 46.3 Å². The van der Waals surface area contributed by atoms with E-state index < -0.39 is 0 Å². The third kappa shape index (κ3) is 2.08. The van der Waals surface area contributed by atoms with Crippen LogP contribution in [-0.4, -0.2) is 11.1 Å². The van der Waals surface area contributed by atoms with Gasteiger partial charge in [-0.1, -0.05) is 46.3 Å². The number of epoxide rings is 1. The highest BCUT2D eigenvalue weighted by atomic mass is 79.9. The van der Waals surface area contributed by atoms with Crippen LogP contribution in [0.1, 0.15) is 12.8 Å². The van der Waals surface area contributed by atoms with Gasteiger partial charge in [0.25, 0.3) is 0 Å². The van der Waals surface area contributed by atoms with E-state index in [1.807, 2.05) is 0 Å². The summed E-state index contributed by atoms with van der Waals surface area (Å²) >= 11 is 3.37. The molecule has 1 nitrogen and oxygen atoms in total. The lowest BCUT2D eigenvalue weighted by Crippen LogP contribution is -1.85. The average Bonchev–Trinajstić information content (AvgIpc) is 2.81. The highest BCUT2D eigenvalue weighted by molar-refractivity contribution is 9.09. The van der Waals surface area contributed by atoms with Crippen LogP contribution in [0.15, 0.2) is 36.0 Å². The molecule has 2 aliphatic rings. The van der Waals surface area contributed by atoms with E-state index in [1.54, 1.807) is 0 Å². The molecule has 1 heterocycles. The summed E-state index contributed by atoms with van der Waals surface area (Å²) in [6, 6.07) is 0. The van der Waals surface area contributed by atoms with Gasteiger partial charge in [-0.2, -0.15) is 0 Å². The Labute approximate surface area is 80.9 Å². The molecule has 64 valence electrons. The smallest absolute Gasteiger partial charge is 0.143 e. The van der Waals surface area contributed by atoms with Gasteiger partial charge in [0, 0.05) is 0 Å². The molecule has 0 aromatic rings. The van der Waals surface area contributed by atoms with Crippen molar-refractivity contribution in [3.8, 4) is 0 Å². The molecule has 2 unspecified atom stereocenters. The van der Waals surface area contributed by atoms with Gasteiger partial charge in [0.05, 0.1) is 0 Å². The molecule has 0 aromatic heterocycles. The Morgan fingerprint density at radius 3 is 3.00 bits per heavy atom. The Balaban J connectivity index is 1.89. The Bertz CT molecular complexity index is 253. The van der Waals surface area contributed by atoms with E-state index in [4.69, 9.17) is 4.74 Å². The van der Waals surface area contributed by atoms with Crippen molar-refractivity contribution in [2.45, 2.75) is 24.0 Å². The van der Waals surface area contributed by atoms with Crippen molar-refractivity contribution in [1.29, 1.82) is 0 Å². The summed E-state index contributed by atoms with van der Waals surface area (Å²) < 4.78 is 5.19. The minimum Gasteiger partial charge on any atom is -0.353 e. The summed E-state index contributed by atoms with van der Waals surface area (Å²) in [5.74, 6) is 0. The Morgan fingerprint density at radius 1 is 1.58 bits per heavy atom. The minimum atomic E-state index is 0.258. The Morgan fingerprint density at radius 2 is 2.42 bits per heavy atom. The summed E-state index contributed by atoms with van der Waals surface area (Å²) in [6.07, 6.45) is 13.4. The van der Waals surface area contributed by atoms with E-state index in [-0.39, 0.29) is 5.01 Å². The molecule has 2 atom stereocenters. The lowest BCUT2D eigenvalue weighted by atomic mass is 10.0. The lowest BCUT2D eigenvalue weighted by molar-refractivity contribution is 0.431. The third-order valence-corrected chi connectivity index (χ3v) is 2.75. The van der Waals surface area contributed by atoms with Crippen molar-refractivity contribution in [2.75, 3.05) is 0 Å². The number of rotatable bonds is 2. The van der Waals surface area contributed by atoms with Crippen LogP contribution in [-0.2, 0) is 4.74 Å². The third-order valence-electron chi connectivity index (χ3n) is 2.01. The highest BCUT2D eigenvalue weighted by Crippen LogP contribution is 2.29. The number of ether oxygens (including phenoxy) is 1. The maximum atomic E-state index is 5.19. The van der Waals surface area contributed by atoms with Gasteiger partial charge in [-0.05, 0) is 18.4 Å². The minimum absolute atomic E-state index is 0.258. The SMILES string of the molecule is BrC1OC1/C=C/C1=CC=CCC1. The maximum absolute atomic E-state index is 5.19. The molecule has 0 amide bonds. The molecule has 0 saturated carbocycles. The van der Waals surface area contributed by atoms with Crippen molar-refractivity contribution >= 4 is 15.9 Å². The molecular weight excluding hydrogens is 216 g/mol. The van der Waals surface area contributed by atoms with Crippen molar-refractivity contribution in [3.05, 3.63) is 36.0 Å². The van der Waals surface area contributed by atoms with Crippen LogP contribution < -0.4 is 0 Å². The molecule has 2 heteroatoms. The second kappa shape index (κ2) is 3.58. The summed E-state index contributed by atoms with van der Waals surface area (Å²) in [5.41, 5.74) is 1.40. The van der Waals surface area contributed by atoms with Crippen LogP contribution >= 0.6 is 15.9 Å². The predicted molar refractivity (Wildman–Crippen MR) is 53.2 cm³/mol. The first-order chi connectivity index (χ1) is 5.86. The normalized spacial score (nSPS) is 33.9. The second-order valence-electron chi connectivity index (χ2n) is 3.02. The van der Waals surface area contributed by atoms with Gasteiger partial charge in [0.15, 0.2) is 0 Å².